The second-order valence-electron chi connectivity index (χ2n) is 4.72. The molecule has 2 aromatic rings. The minimum absolute atomic E-state index is 0.135. The van der Waals surface area contributed by atoms with Gasteiger partial charge in [0.25, 0.3) is 5.91 Å². The predicted octanol–water partition coefficient (Wildman–Crippen LogP) is 2.25. The molecule has 21 heavy (non-hydrogen) atoms. The normalized spacial score (nSPS) is 10.2. The largest absolute Gasteiger partial charge is 0.399 e. The van der Waals surface area contributed by atoms with E-state index < -0.39 is 0 Å². The molecule has 110 valence electrons. The van der Waals surface area contributed by atoms with E-state index in [9.17, 15) is 9.59 Å². The van der Waals surface area contributed by atoms with Gasteiger partial charge in [0.15, 0.2) is 10.9 Å². The van der Waals surface area contributed by atoms with Crippen molar-refractivity contribution in [2.45, 2.75) is 6.92 Å². The number of aromatic nitrogens is 1. The molecule has 1 aromatic heterocycles. The third-order valence-corrected chi connectivity index (χ3v) is 3.59. The van der Waals surface area contributed by atoms with E-state index in [0.717, 1.165) is 5.69 Å². The highest BCUT2D eigenvalue weighted by Gasteiger charge is 2.15. The highest BCUT2D eigenvalue weighted by molar-refractivity contribution is 7.14. The fourth-order valence-corrected chi connectivity index (χ4v) is 2.53. The van der Waals surface area contributed by atoms with Crippen LogP contribution >= 0.6 is 11.3 Å². The lowest BCUT2D eigenvalue weighted by Crippen LogP contribution is -2.18. The number of rotatable bonds is 4. The molecule has 0 fully saturated rings. The van der Waals surface area contributed by atoms with Gasteiger partial charge >= 0.3 is 0 Å². The third-order valence-electron chi connectivity index (χ3n) is 2.83. The number of nitrogens with zero attached hydrogens (tertiary/aromatic N) is 2. The maximum Gasteiger partial charge on any atom is 0.259 e. The summed E-state index contributed by atoms with van der Waals surface area (Å²) in [6, 6.07) is 5.14. The molecular formula is C14H16N4O2S. The van der Waals surface area contributed by atoms with Crippen LogP contribution in [0, 0.1) is 0 Å². The summed E-state index contributed by atoms with van der Waals surface area (Å²) in [5.74, 6) is -0.444. The molecule has 1 aromatic carbocycles. The first-order valence-electron chi connectivity index (χ1n) is 6.23. The summed E-state index contributed by atoms with van der Waals surface area (Å²) in [5.41, 5.74) is 7.81. The molecule has 0 saturated carbocycles. The number of benzene rings is 1. The maximum atomic E-state index is 12.4. The fraction of sp³-hybridized carbons (Fsp3) is 0.214. The number of hydrogen-bond acceptors (Lipinski definition) is 6. The van der Waals surface area contributed by atoms with Crippen LogP contribution < -0.4 is 16.0 Å². The van der Waals surface area contributed by atoms with Crippen molar-refractivity contribution in [3.8, 4) is 0 Å². The fourth-order valence-electron chi connectivity index (χ4n) is 1.78. The van der Waals surface area contributed by atoms with Gasteiger partial charge < -0.3 is 10.6 Å². The zero-order valence-electron chi connectivity index (χ0n) is 12.0. The average Bonchev–Trinajstić information content (AvgIpc) is 2.86. The molecule has 6 nitrogen and oxygen atoms in total. The molecule has 0 saturated heterocycles. The molecule has 0 atom stereocenters. The van der Waals surface area contributed by atoms with Crippen molar-refractivity contribution in [1.29, 1.82) is 0 Å². The van der Waals surface area contributed by atoms with Gasteiger partial charge in [0.1, 0.15) is 5.69 Å². The summed E-state index contributed by atoms with van der Waals surface area (Å²) in [6.07, 6.45) is 0. The molecule has 0 radical (unpaired) electrons. The molecule has 0 aliphatic rings. The number of nitrogens with two attached hydrogens (primary N) is 1. The first-order chi connectivity index (χ1) is 9.88. The lowest BCUT2D eigenvalue weighted by atomic mass is 10.1. The molecular weight excluding hydrogens is 288 g/mol. The van der Waals surface area contributed by atoms with Crippen LogP contribution in [0.3, 0.4) is 0 Å². The van der Waals surface area contributed by atoms with Gasteiger partial charge in [-0.2, -0.15) is 0 Å². The van der Waals surface area contributed by atoms with E-state index in [1.807, 2.05) is 19.0 Å². The van der Waals surface area contributed by atoms with Crippen molar-refractivity contribution in [2.24, 2.45) is 0 Å². The number of nitrogen functional groups attached to an aromatic ring is 1. The van der Waals surface area contributed by atoms with Crippen LogP contribution in [0.5, 0.6) is 0 Å². The number of anilines is 3. The molecule has 3 N–H and O–H groups in total. The van der Waals surface area contributed by atoms with Gasteiger partial charge in [-0.3, -0.25) is 14.9 Å². The van der Waals surface area contributed by atoms with Gasteiger partial charge in [0, 0.05) is 37.8 Å². The van der Waals surface area contributed by atoms with E-state index in [0.29, 0.717) is 22.1 Å². The summed E-state index contributed by atoms with van der Waals surface area (Å²) in [6.45, 7) is 1.43. The summed E-state index contributed by atoms with van der Waals surface area (Å²) < 4.78 is 0. The van der Waals surface area contributed by atoms with E-state index in [1.165, 1.54) is 18.3 Å². The second-order valence-corrected chi connectivity index (χ2v) is 5.58. The number of thiazole rings is 1. The summed E-state index contributed by atoms with van der Waals surface area (Å²) in [5, 5.41) is 4.69. The Morgan fingerprint density at radius 1 is 1.33 bits per heavy atom. The topological polar surface area (TPSA) is 88.3 Å². The molecule has 7 heteroatoms. The molecule has 0 aliphatic heterocycles. The van der Waals surface area contributed by atoms with Crippen LogP contribution in [0.15, 0.2) is 23.6 Å². The van der Waals surface area contributed by atoms with E-state index >= 15 is 0 Å². The van der Waals surface area contributed by atoms with E-state index in [1.54, 1.807) is 23.6 Å². The summed E-state index contributed by atoms with van der Waals surface area (Å²) in [7, 11) is 3.69. The number of amides is 1. The first kappa shape index (κ1) is 15.0. The van der Waals surface area contributed by atoms with Gasteiger partial charge in [-0.05, 0) is 18.2 Å². The zero-order chi connectivity index (χ0) is 15.6. The van der Waals surface area contributed by atoms with E-state index in [-0.39, 0.29) is 11.7 Å². The molecule has 0 aliphatic carbocycles. The first-order valence-corrected chi connectivity index (χ1v) is 7.11. The van der Waals surface area contributed by atoms with Crippen molar-refractivity contribution in [2.75, 3.05) is 30.0 Å². The van der Waals surface area contributed by atoms with Gasteiger partial charge in [0.2, 0.25) is 0 Å². The Kier molecular flexibility index (Phi) is 4.23. The van der Waals surface area contributed by atoms with Gasteiger partial charge in [-0.25, -0.2) is 4.98 Å². The van der Waals surface area contributed by atoms with E-state index in [2.05, 4.69) is 10.3 Å². The Bertz CT molecular complexity index is 694. The zero-order valence-corrected chi connectivity index (χ0v) is 12.8. The van der Waals surface area contributed by atoms with Crippen molar-refractivity contribution >= 4 is 39.5 Å². The standard InChI is InChI=1S/C14H16N4O2S/c1-8(19)11-7-21-14(16-11)17-13(20)10-6-9(15)4-5-12(10)18(2)3/h4-7H,15H2,1-3H3,(H,16,17,20). The molecule has 0 bridgehead atoms. The van der Waals surface area contributed by atoms with Crippen LogP contribution in [0.25, 0.3) is 0 Å². The van der Waals surface area contributed by atoms with Crippen LogP contribution in [0.2, 0.25) is 0 Å². The van der Waals surface area contributed by atoms with Crippen molar-refractivity contribution in [1.82, 2.24) is 4.98 Å². The number of Topliss-reactive ketones (excluding diaryl/α,β-unsaturated/α-hetero) is 1. The number of ketones is 1. The molecule has 0 spiro atoms. The Morgan fingerprint density at radius 3 is 2.62 bits per heavy atom. The Hall–Kier alpha value is -2.41. The highest BCUT2D eigenvalue weighted by Crippen LogP contribution is 2.23. The molecule has 2 rings (SSSR count). The van der Waals surface area contributed by atoms with E-state index in [4.69, 9.17) is 5.73 Å². The predicted molar refractivity (Wildman–Crippen MR) is 85.3 cm³/mol. The average molecular weight is 304 g/mol. The van der Waals surface area contributed by atoms with Crippen LogP contribution in [0.4, 0.5) is 16.5 Å². The van der Waals surface area contributed by atoms with Crippen molar-refractivity contribution in [3.63, 3.8) is 0 Å². The molecule has 1 heterocycles. The quantitative estimate of drug-likeness (QED) is 0.668. The lowest BCUT2D eigenvalue weighted by Gasteiger charge is -2.17. The van der Waals surface area contributed by atoms with Crippen LogP contribution in [-0.4, -0.2) is 30.8 Å². The number of hydrogen-bond donors (Lipinski definition) is 2. The van der Waals surface area contributed by atoms with Crippen molar-refractivity contribution in [3.05, 3.63) is 34.8 Å². The molecule has 1 amide bonds. The lowest BCUT2D eigenvalue weighted by molar-refractivity contribution is 0.100. The highest BCUT2D eigenvalue weighted by atomic mass is 32.1. The third kappa shape index (κ3) is 3.38. The van der Waals surface area contributed by atoms with Gasteiger partial charge in [-0.1, -0.05) is 0 Å². The number of carbonyl (C=O) groups excluding carboxylic acids is 2. The minimum atomic E-state index is -0.310. The number of nitrogens with one attached hydrogen (secondary N) is 1. The smallest absolute Gasteiger partial charge is 0.259 e. The molecule has 0 unspecified atom stereocenters. The maximum absolute atomic E-state index is 12.4. The summed E-state index contributed by atoms with van der Waals surface area (Å²) in [4.78, 5) is 29.5. The van der Waals surface area contributed by atoms with Crippen LogP contribution in [0.1, 0.15) is 27.8 Å². The van der Waals surface area contributed by atoms with Crippen molar-refractivity contribution < 1.29 is 9.59 Å². The monoisotopic (exact) mass is 304 g/mol. The number of carbonyl (C=O) groups is 2. The Balaban J connectivity index is 2.27. The summed E-state index contributed by atoms with van der Waals surface area (Å²) >= 11 is 1.21. The second kappa shape index (κ2) is 5.92. The Morgan fingerprint density at radius 2 is 2.05 bits per heavy atom. The van der Waals surface area contributed by atoms with Crippen LogP contribution in [-0.2, 0) is 0 Å². The van der Waals surface area contributed by atoms with Gasteiger partial charge in [0.05, 0.1) is 5.56 Å². The van der Waals surface area contributed by atoms with Gasteiger partial charge in [-0.15, -0.1) is 11.3 Å². The Labute approximate surface area is 126 Å². The SMILES string of the molecule is CC(=O)c1csc(NC(=O)c2cc(N)ccc2N(C)C)n1. The minimum Gasteiger partial charge on any atom is -0.399 e.